The van der Waals surface area contributed by atoms with Gasteiger partial charge in [-0.15, -0.1) is 0 Å². The van der Waals surface area contributed by atoms with Crippen molar-refractivity contribution < 1.29 is 24.6 Å². The van der Waals surface area contributed by atoms with Crippen LogP contribution in [0.3, 0.4) is 0 Å². The van der Waals surface area contributed by atoms with E-state index in [1.165, 1.54) is 0 Å². The van der Waals surface area contributed by atoms with E-state index in [0.29, 0.717) is 24.1 Å². The number of aromatic amines is 1. The van der Waals surface area contributed by atoms with Crippen LogP contribution in [0, 0.1) is 11.8 Å². The Morgan fingerprint density at radius 3 is 2.43 bits per heavy atom. The highest BCUT2D eigenvalue weighted by molar-refractivity contribution is 5.98. The molecule has 1 aromatic heterocycles. The van der Waals surface area contributed by atoms with Gasteiger partial charge >= 0.3 is 11.9 Å². The van der Waals surface area contributed by atoms with Crippen LogP contribution >= 0.6 is 0 Å². The highest BCUT2D eigenvalue weighted by atomic mass is 16.4. The number of rotatable bonds is 6. The maximum absolute atomic E-state index is 12.7. The number of aliphatic carboxylic acids is 2. The average Bonchev–Trinajstić information content (AvgIpc) is 3.38. The summed E-state index contributed by atoms with van der Waals surface area (Å²) < 4.78 is 0. The number of amides is 1. The second-order valence-electron chi connectivity index (χ2n) is 7.97. The summed E-state index contributed by atoms with van der Waals surface area (Å²) in [5.41, 5.74) is 1.99. The molecule has 30 heavy (non-hydrogen) atoms. The van der Waals surface area contributed by atoms with E-state index >= 15 is 0 Å². The van der Waals surface area contributed by atoms with Gasteiger partial charge in [-0.2, -0.15) is 0 Å². The Hall–Kier alpha value is -3.13. The van der Waals surface area contributed by atoms with Crippen LogP contribution in [0.4, 0.5) is 5.69 Å². The Labute approximate surface area is 173 Å². The van der Waals surface area contributed by atoms with E-state index in [-0.39, 0.29) is 5.91 Å². The van der Waals surface area contributed by atoms with Gasteiger partial charge in [-0.1, -0.05) is 18.2 Å². The van der Waals surface area contributed by atoms with Crippen LogP contribution in [-0.4, -0.2) is 51.0 Å². The summed E-state index contributed by atoms with van der Waals surface area (Å²) in [5, 5.41) is 22.8. The molecule has 0 radical (unpaired) electrons. The lowest BCUT2D eigenvalue weighted by atomic mass is 9.82. The highest BCUT2D eigenvalue weighted by Gasteiger charge is 2.34. The van der Waals surface area contributed by atoms with Gasteiger partial charge in [0.05, 0.1) is 11.8 Å². The molecular weight excluding hydrogens is 386 g/mol. The van der Waals surface area contributed by atoms with Gasteiger partial charge in [0.25, 0.3) is 0 Å². The van der Waals surface area contributed by atoms with Gasteiger partial charge in [-0.25, -0.2) is 0 Å². The second kappa shape index (κ2) is 8.31. The topological polar surface area (TPSA) is 123 Å². The first-order chi connectivity index (χ1) is 14.5. The van der Waals surface area contributed by atoms with E-state index in [4.69, 9.17) is 0 Å². The molecule has 2 aromatic rings. The van der Waals surface area contributed by atoms with Crippen molar-refractivity contribution in [2.24, 2.45) is 11.8 Å². The molecule has 158 valence electrons. The van der Waals surface area contributed by atoms with Crippen LogP contribution in [0.25, 0.3) is 10.9 Å². The summed E-state index contributed by atoms with van der Waals surface area (Å²) in [6, 6.07) is 4.59. The molecule has 2 heterocycles. The first kappa shape index (κ1) is 20.2. The number of carbonyl (C=O) groups excluding carboxylic acids is 1. The Balaban J connectivity index is 1.56. The summed E-state index contributed by atoms with van der Waals surface area (Å²) in [6.45, 7) is 1.52. The number of fused-ring (bicyclic) bond motifs is 1. The van der Waals surface area contributed by atoms with E-state index in [9.17, 15) is 24.6 Å². The molecule has 1 aliphatic heterocycles. The monoisotopic (exact) mass is 411 g/mol. The normalized spacial score (nSPS) is 22.8. The predicted molar refractivity (Wildman–Crippen MR) is 111 cm³/mol. The molecule has 0 unspecified atom stereocenters. The number of carbonyl (C=O) groups is 3. The Bertz CT molecular complexity index is 1010. The van der Waals surface area contributed by atoms with Crippen molar-refractivity contribution in [3.8, 4) is 0 Å². The maximum atomic E-state index is 12.7. The molecule has 8 nitrogen and oxygen atoms in total. The minimum absolute atomic E-state index is 0.321. The van der Waals surface area contributed by atoms with Crippen molar-refractivity contribution in [1.82, 2.24) is 9.88 Å². The van der Waals surface area contributed by atoms with Gasteiger partial charge in [-0.05, 0) is 50.9 Å². The number of nitrogens with zero attached hydrogens (tertiary/aromatic N) is 1. The second-order valence-corrected chi connectivity index (χ2v) is 7.97. The molecule has 0 bridgehead atoms. The van der Waals surface area contributed by atoms with Crippen molar-refractivity contribution in [2.45, 2.75) is 31.7 Å². The standard InChI is InChI=1S/C22H25N3O5/c26-20(15-5-1-2-6-16(15)21(27)28)24-13-7-8-14-17(12-23-18(14)11-13)19(22(29)30)25-9-3-4-10-25/h1-2,7-8,11-12,15-16,19,23H,3-6,9-10H2,(H,24,26)(H,27,28)(H,29,30)/t15-,16+,19+/m0/s1. The zero-order chi connectivity index (χ0) is 21.3. The van der Waals surface area contributed by atoms with Crippen LogP contribution in [0.15, 0.2) is 36.5 Å². The number of hydrogen-bond donors (Lipinski definition) is 4. The van der Waals surface area contributed by atoms with Crippen LogP contribution in [0.1, 0.15) is 37.3 Å². The summed E-state index contributed by atoms with van der Waals surface area (Å²) >= 11 is 0. The molecule has 4 rings (SSSR count). The van der Waals surface area contributed by atoms with Gasteiger partial charge in [0, 0.05) is 28.4 Å². The molecule has 0 saturated carbocycles. The lowest BCUT2D eigenvalue weighted by Gasteiger charge is -2.24. The molecule has 0 spiro atoms. The van der Waals surface area contributed by atoms with Gasteiger partial charge < -0.3 is 20.5 Å². The first-order valence-corrected chi connectivity index (χ1v) is 10.2. The highest BCUT2D eigenvalue weighted by Crippen LogP contribution is 2.33. The minimum Gasteiger partial charge on any atom is -0.481 e. The third kappa shape index (κ3) is 3.82. The van der Waals surface area contributed by atoms with Crippen molar-refractivity contribution in [2.75, 3.05) is 18.4 Å². The molecule has 1 amide bonds. The number of likely N-dealkylation sites (tertiary alicyclic amines) is 1. The largest absolute Gasteiger partial charge is 0.481 e. The lowest BCUT2D eigenvalue weighted by molar-refractivity contribution is -0.146. The van der Waals surface area contributed by atoms with Crippen molar-refractivity contribution >= 4 is 34.4 Å². The number of nitrogens with one attached hydrogen (secondary N) is 2. The number of carboxylic acids is 2. The van der Waals surface area contributed by atoms with Crippen LogP contribution in [0.5, 0.6) is 0 Å². The van der Waals surface area contributed by atoms with E-state index in [2.05, 4.69) is 10.3 Å². The number of benzene rings is 1. The van der Waals surface area contributed by atoms with E-state index < -0.39 is 29.8 Å². The third-order valence-electron chi connectivity index (χ3n) is 6.10. The molecule has 1 aromatic carbocycles. The van der Waals surface area contributed by atoms with E-state index in [1.807, 2.05) is 11.0 Å². The molecule has 3 atom stereocenters. The van der Waals surface area contributed by atoms with Crippen molar-refractivity contribution in [3.63, 3.8) is 0 Å². The Kier molecular flexibility index (Phi) is 5.59. The van der Waals surface area contributed by atoms with Gasteiger partial charge in [-0.3, -0.25) is 19.3 Å². The number of carboxylic acid groups (broad SMARTS) is 2. The summed E-state index contributed by atoms with van der Waals surface area (Å²) in [7, 11) is 0. The number of allylic oxidation sites excluding steroid dienone is 2. The number of aromatic nitrogens is 1. The number of hydrogen-bond acceptors (Lipinski definition) is 4. The van der Waals surface area contributed by atoms with Crippen LogP contribution in [0.2, 0.25) is 0 Å². The predicted octanol–water partition coefficient (Wildman–Crippen LogP) is 2.99. The average molecular weight is 411 g/mol. The quantitative estimate of drug-likeness (QED) is 0.542. The van der Waals surface area contributed by atoms with Crippen molar-refractivity contribution in [1.29, 1.82) is 0 Å². The first-order valence-electron chi connectivity index (χ1n) is 10.2. The van der Waals surface area contributed by atoms with Crippen LogP contribution < -0.4 is 5.32 Å². The smallest absolute Gasteiger partial charge is 0.325 e. The fraction of sp³-hybridized carbons (Fsp3) is 0.409. The minimum atomic E-state index is -0.967. The molecule has 8 heteroatoms. The van der Waals surface area contributed by atoms with Crippen molar-refractivity contribution in [3.05, 3.63) is 42.1 Å². The molecule has 4 N–H and O–H groups in total. The Morgan fingerprint density at radius 1 is 1.07 bits per heavy atom. The number of anilines is 1. The summed E-state index contributed by atoms with van der Waals surface area (Å²) in [4.78, 5) is 41.2. The third-order valence-corrected chi connectivity index (χ3v) is 6.10. The SMILES string of the molecule is O=C(Nc1ccc2c([C@H](C(=O)O)N3CCCC3)c[nH]c2c1)[C@H]1CC=CC[C@H]1C(=O)O. The Morgan fingerprint density at radius 2 is 1.77 bits per heavy atom. The zero-order valence-electron chi connectivity index (χ0n) is 16.5. The molecule has 1 fully saturated rings. The van der Waals surface area contributed by atoms with Gasteiger partial charge in [0.2, 0.25) is 5.91 Å². The van der Waals surface area contributed by atoms with Crippen LogP contribution in [-0.2, 0) is 14.4 Å². The van der Waals surface area contributed by atoms with E-state index in [0.717, 1.165) is 36.8 Å². The molecular formula is C22H25N3O5. The molecule has 1 saturated heterocycles. The number of H-pyrrole nitrogens is 1. The lowest BCUT2D eigenvalue weighted by Crippen LogP contribution is -2.34. The summed E-state index contributed by atoms with van der Waals surface area (Å²) in [6.07, 6.45) is 8.10. The molecule has 1 aliphatic carbocycles. The molecule has 2 aliphatic rings. The fourth-order valence-corrected chi connectivity index (χ4v) is 4.55. The van der Waals surface area contributed by atoms with E-state index in [1.54, 1.807) is 30.5 Å². The van der Waals surface area contributed by atoms with Gasteiger partial charge in [0.1, 0.15) is 6.04 Å². The zero-order valence-corrected chi connectivity index (χ0v) is 16.5. The summed E-state index contributed by atoms with van der Waals surface area (Å²) in [5.74, 6) is -3.51. The fourth-order valence-electron chi connectivity index (χ4n) is 4.55. The maximum Gasteiger partial charge on any atom is 0.325 e. The van der Waals surface area contributed by atoms with Gasteiger partial charge in [0.15, 0.2) is 0 Å².